The van der Waals surface area contributed by atoms with E-state index in [1.54, 1.807) is 30.3 Å². The summed E-state index contributed by atoms with van der Waals surface area (Å²) in [5.74, 6) is -0.939. The number of fused-ring (bicyclic) bond motifs is 1. The Morgan fingerprint density at radius 1 is 0.972 bits per heavy atom. The summed E-state index contributed by atoms with van der Waals surface area (Å²) in [6.07, 6.45) is -3.25. The summed E-state index contributed by atoms with van der Waals surface area (Å²) < 4.78 is 58.5. The smallest absolute Gasteiger partial charge is 0.416 e. The Hall–Kier alpha value is -4.64. The molecule has 4 rings (SSSR count). The number of alkyl halides is 3. The van der Waals surface area contributed by atoms with Crippen molar-refractivity contribution in [2.75, 3.05) is 5.32 Å². The minimum Gasteiger partial charge on any atom is -0.488 e. The van der Waals surface area contributed by atoms with Crippen LogP contribution < -0.4 is 10.1 Å². The summed E-state index contributed by atoms with van der Waals surface area (Å²) in [7, 11) is 0. The summed E-state index contributed by atoms with van der Waals surface area (Å²) in [5.41, 5.74) is -0.346. The maximum atomic E-state index is 13.5. The number of nitrogens with zero attached hydrogens (tertiary/aromatic N) is 1. The lowest BCUT2D eigenvalue weighted by molar-refractivity contribution is -0.137. The molecule has 0 spiro atoms. The Bertz CT molecular complexity index is 1500. The number of ether oxygens (including phenoxy) is 1. The van der Waals surface area contributed by atoms with Gasteiger partial charge in [-0.3, -0.25) is 4.79 Å². The number of amides is 1. The van der Waals surface area contributed by atoms with E-state index in [9.17, 15) is 27.6 Å². The Morgan fingerprint density at radius 2 is 1.75 bits per heavy atom. The van der Waals surface area contributed by atoms with Crippen molar-refractivity contribution in [3.8, 4) is 11.8 Å². The maximum absolute atomic E-state index is 13.5. The molecule has 0 aliphatic rings. The zero-order chi connectivity index (χ0) is 25.7. The van der Waals surface area contributed by atoms with Crippen molar-refractivity contribution in [1.29, 1.82) is 5.26 Å². The van der Waals surface area contributed by atoms with E-state index in [4.69, 9.17) is 4.74 Å². The second kappa shape index (κ2) is 10.3. The minimum atomic E-state index is -4.58. The van der Waals surface area contributed by atoms with Crippen LogP contribution in [0.3, 0.4) is 0 Å². The number of hydrogen-bond donors (Lipinski definition) is 1. The highest BCUT2D eigenvalue weighted by molar-refractivity contribution is 6.11. The van der Waals surface area contributed by atoms with Crippen LogP contribution >= 0.6 is 0 Å². The molecule has 36 heavy (non-hydrogen) atoms. The van der Waals surface area contributed by atoms with E-state index in [0.29, 0.717) is 22.3 Å². The molecule has 0 radical (unpaired) electrons. The van der Waals surface area contributed by atoms with Crippen molar-refractivity contribution >= 4 is 28.4 Å². The SMILES string of the molecule is N#C/C(=C\c1c(OCc2cccc(F)c2)ccc2ccccc12)C(=O)Nc1cccc(C(F)(F)F)c1. The topological polar surface area (TPSA) is 62.1 Å². The van der Waals surface area contributed by atoms with Gasteiger partial charge < -0.3 is 10.1 Å². The zero-order valence-corrected chi connectivity index (χ0v) is 18.6. The predicted molar refractivity (Wildman–Crippen MR) is 128 cm³/mol. The molecule has 0 unspecified atom stereocenters. The third-order valence-electron chi connectivity index (χ3n) is 5.32. The molecule has 4 aromatic carbocycles. The molecule has 8 heteroatoms. The van der Waals surface area contributed by atoms with Gasteiger partial charge in [-0.2, -0.15) is 18.4 Å². The zero-order valence-electron chi connectivity index (χ0n) is 18.6. The van der Waals surface area contributed by atoms with Crippen LogP contribution in [0.4, 0.5) is 23.2 Å². The normalized spacial score (nSPS) is 11.7. The second-order valence-corrected chi connectivity index (χ2v) is 7.82. The number of carbonyl (C=O) groups is 1. The molecule has 0 fully saturated rings. The standard InChI is InChI=1S/C28H18F4N2O2/c29-22-8-3-5-18(13-22)17-36-26-12-11-19-6-1-2-10-24(19)25(26)14-20(16-33)27(35)34-23-9-4-7-21(15-23)28(30,31)32/h1-15H,17H2,(H,34,35)/b20-14+. The molecule has 0 saturated carbocycles. The molecule has 180 valence electrons. The van der Waals surface area contributed by atoms with Gasteiger partial charge in [0, 0.05) is 11.3 Å². The quantitative estimate of drug-likeness (QED) is 0.178. The Kier molecular flexibility index (Phi) is 7.02. The van der Waals surface area contributed by atoms with Gasteiger partial charge in [-0.25, -0.2) is 4.39 Å². The Morgan fingerprint density at radius 3 is 2.50 bits per heavy atom. The summed E-state index contributed by atoms with van der Waals surface area (Å²) in [4.78, 5) is 12.8. The largest absolute Gasteiger partial charge is 0.488 e. The third-order valence-corrected chi connectivity index (χ3v) is 5.32. The summed E-state index contributed by atoms with van der Waals surface area (Å²) in [5, 5.41) is 13.5. The number of nitrogens with one attached hydrogen (secondary N) is 1. The van der Waals surface area contributed by atoms with E-state index in [1.165, 1.54) is 24.3 Å². The molecule has 1 N–H and O–H groups in total. The van der Waals surface area contributed by atoms with Crippen LogP contribution in [0.2, 0.25) is 0 Å². The molecule has 1 amide bonds. The van der Waals surface area contributed by atoms with Gasteiger partial charge >= 0.3 is 6.18 Å². The van der Waals surface area contributed by atoms with Gasteiger partial charge in [0.15, 0.2) is 0 Å². The Labute approximate surface area is 204 Å². The molecule has 0 aliphatic heterocycles. The van der Waals surface area contributed by atoms with E-state index in [2.05, 4.69) is 5.32 Å². The monoisotopic (exact) mass is 490 g/mol. The molecular formula is C28H18F4N2O2. The van der Waals surface area contributed by atoms with Crippen molar-refractivity contribution in [3.63, 3.8) is 0 Å². The van der Waals surface area contributed by atoms with Crippen LogP contribution in [0.5, 0.6) is 5.75 Å². The first-order chi connectivity index (χ1) is 17.2. The predicted octanol–water partition coefficient (Wildman–Crippen LogP) is 7.12. The highest BCUT2D eigenvalue weighted by atomic mass is 19.4. The van der Waals surface area contributed by atoms with Gasteiger partial charge in [0.25, 0.3) is 5.91 Å². The Balaban J connectivity index is 1.68. The molecule has 0 aromatic heterocycles. The molecule has 4 nitrogen and oxygen atoms in total. The molecular weight excluding hydrogens is 472 g/mol. The van der Waals surface area contributed by atoms with Gasteiger partial charge in [-0.15, -0.1) is 0 Å². The van der Waals surface area contributed by atoms with Crippen molar-refractivity contribution in [1.82, 2.24) is 0 Å². The number of rotatable bonds is 6. The number of benzene rings is 4. The van der Waals surface area contributed by atoms with E-state index in [0.717, 1.165) is 23.6 Å². The van der Waals surface area contributed by atoms with E-state index in [-0.39, 0.29) is 17.9 Å². The number of halogens is 4. The molecule has 0 atom stereocenters. The van der Waals surface area contributed by atoms with E-state index in [1.807, 2.05) is 24.3 Å². The van der Waals surface area contributed by atoms with Crippen LogP contribution in [0.15, 0.2) is 90.5 Å². The summed E-state index contributed by atoms with van der Waals surface area (Å²) in [6.45, 7) is 0.0370. The first-order valence-electron chi connectivity index (χ1n) is 10.7. The average Bonchev–Trinajstić information content (AvgIpc) is 2.86. The number of hydrogen-bond acceptors (Lipinski definition) is 3. The lowest BCUT2D eigenvalue weighted by Gasteiger charge is -2.13. The van der Waals surface area contributed by atoms with Crippen LogP contribution in [0.25, 0.3) is 16.8 Å². The summed E-state index contributed by atoms with van der Waals surface area (Å²) >= 11 is 0. The van der Waals surface area contributed by atoms with E-state index >= 15 is 0 Å². The van der Waals surface area contributed by atoms with Crippen molar-refractivity contribution < 1.29 is 27.1 Å². The minimum absolute atomic E-state index is 0.0370. The van der Waals surface area contributed by atoms with Crippen LogP contribution in [-0.4, -0.2) is 5.91 Å². The van der Waals surface area contributed by atoms with Gasteiger partial charge in [-0.05, 0) is 58.8 Å². The second-order valence-electron chi connectivity index (χ2n) is 7.82. The van der Waals surface area contributed by atoms with Gasteiger partial charge in [-0.1, -0.05) is 48.5 Å². The third kappa shape index (κ3) is 5.70. The van der Waals surface area contributed by atoms with Gasteiger partial charge in [0.2, 0.25) is 0 Å². The van der Waals surface area contributed by atoms with E-state index < -0.39 is 23.5 Å². The first kappa shape index (κ1) is 24.5. The first-order valence-corrected chi connectivity index (χ1v) is 10.7. The van der Waals surface area contributed by atoms with Crippen LogP contribution in [-0.2, 0) is 17.6 Å². The average molecular weight is 490 g/mol. The number of carbonyl (C=O) groups excluding carboxylic acids is 1. The van der Waals surface area contributed by atoms with Crippen molar-refractivity contribution in [2.24, 2.45) is 0 Å². The van der Waals surface area contributed by atoms with Crippen LogP contribution in [0, 0.1) is 17.1 Å². The highest BCUT2D eigenvalue weighted by Crippen LogP contribution is 2.32. The molecule has 0 saturated heterocycles. The van der Waals surface area contributed by atoms with Crippen LogP contribution in [0.1, 0.15) is 16.7 Å². The van der Waals surface area contributed by atoms with Crippen molar-refractivity contribution in [3.05, 3.63) is 113 Å². The highest BCUT2D eigenvalue weighted by Gasteiger charge is 2.30. The summed E-state index contributed by atoms with van der Waals surface area (Å²) in [6, 6.07) is 22.6. The van der Waals surface area contributed by atoms with Gasteiger partial charge in [0.05, 0.1) is 5.56 Å². The molecule has 0 bridgehead atoms. The number of nitriles is 1. The maximum Gasteiger partial charge on any atom is 0.416 e. The molecule has 0 heterocycles. The fourth-order valence-electron chi connectivity index (χ4n) is 3.60. The molecule has 0 aliphatic carbocycles. The lowest BCUT2D eigenvalue weighted by atomic mass is 10.0. The van der Waals surface area contributed by atoms with Crippen molar-refractivity contribution in [2.45, 2.75) is 12.8 Å². The lowest BCUT2D eigenvalue weighted by Crippen LogP contribution is -2.14. The number of anilines is 1. The van der Waals surface area contributed by atoms with Gasteiger partial charge in [0.1, 0.15) is 29.8 Å². The molecule has 4 aromatic rings. The fraction of sp³-hybridized carbons (Fsp3) is 0.0714. The fourth-order valence-corrected chi connectivity index (χ4v) is 3.60.